The molecule has 4 aliphatic rings. The van der Waals surface area contributed by atoms with Gasteiger partial charge < -0.3 is 0 Å². The number of hydrogen-bond donors (Lipinski definition) is 0. The highest BCUT2D eigenvalue weighted by molar-refractivity contribution is 6.21. The predicted octanol–water partition coefficient (Wildman–Crippen LogP) is 13.4. The van der Waals surface area contributed by atoms with Crippen molar-refractivity contribution in [3.05, 3.63) is 233 Å². The molecule has 0 aromatic heterocycles. The Kier molecular flexibility index (Phi) is 6.31. The van der Waals surface area contributed by atoms with Gasteiger partial charge in [-0.3, -0.25) is 4.99 Å². The van der Waals surface area contributed by atoms with E-state index in [-0.39, 0.29) is 5.92 Å². The lowest BCUT2D eigenvalue weighted by atomic mass is 9.70. The van der Waals surface area contributed by atoms with Crippen LogP contribution in [0.25, 0.3) is 61.0 Å². The quantitative estimate of drug-likeness (QED) is 0.163. The Morgan fingerprint density at radius 3 is 1.78 bits per heavy atom. The molecule has 0 N–H and O–H groups in total. The minimum atomic E-state index is -0.494. The van der Waals surface area contributed by atoms with E-state index in [0.29, 0.717) is 6.42 Å². The molecule has 12 rings (SSSR count). The molecule has 256 valence electrons. The highest BCUT2D eigenvalue weighted by Crippen LogP contribution is 2.66. The summed E-state index contributed by atoms with van der Waals surface area (Å²) in [7, 11) is 0. The Balaban J connectivity index is 1.18. The largest absolute Gasteiger partial charge is 0.252 e. The molecule has 0 fully saturated rings. The minimum absolute atomic E-state index is 0.0281. The van der Waals surface area contributed by atoms with Crippen molar-refractivity contribution >= 4 is 22.2 Å². The number of rotatable bonds is 3. The molecule has 2 unspecified atom stereocenters. The molecule has 1 heteroatoms. The van der Waals surface area contributed by atoms with Crippen LogP contribution in [0, 0.1) is 0 Å². The van der Waals surface area contributed by atoms with Gasteiger partial charge in [0.15, 0.2) is 0 Å². The SMILES string of the molecule is C=C1CC(c2ccccc2)=NC(c2cccc3c2-c2ccccc2C32c3ccccc3-c3c2cc2c4c(cccc34)-c3ccccc3-2)=CC1c1ccccc1. The van der Waals surface area contributed by atoms with Gasteiger partial charge >= 0.3 is 0 Å². The van der Waals surface area contributed by atoms with Crippen molar-refractivity contribution in [1.29, 1.82) is 0 Å². The third-order valence-electron chi connectivity index (χ3n) is 12.7. The molecule has 1 spiro atoms. The zero-order valence-electron chi connectivity index (χ0n) is 30.3. The molecule has 8 aromatic carbocycles. The summed E-state index contributed by atoms with van der Waals surface area (Å²) in [5.41, 5.74) is 22.2. The molecule has 0 saturated heterocycles. The first-order valence-corrected chi connectivity index (χ1v) is 19.3. The first-order chi connectivity index (χ1) is 27.2. The fourth-order valence-corrected chi connectivity index (χ4v) is 10.5. The topological polar surface area (TPSA) is 12.4 Å². The van der Waals surface area contributed by atoms with E-state index in [9.17, 15) is 0 Å². The van der Waals surface area contributed by atoms with Crippen molar-refractivity contribution in [1.82, 2.24) is 0 Å². The van der Waals surface area contributed by atoms with Crippen LogP contribution in [0.4, 0.5) is 0 Å². The lowest BCUT2D eigenvalue weighted by Gasteiger charge is -2.31. The number of benzene rings is 8. The van der Waals surface area contributed by atoms with E-state index in [0.717, 1.165) is 28.1 Å². The van der Waals surface area contributed by atoms with Gasteiger partial charge in [0.05, 0.1) is 16.8 Å². The summed E-state index contributed by atoms with van der Waals surface area (Å²) in [4.78, 5) is 5.61. The van der Waals surface area contributed by atoms with E-state index in [2.05, 4.69) is 189 Å². The van der Waals surface area contributed by atoms with Crippen molar-refractivity contribution in [3.63, 3.8) is 0 Å². The van der Waals surface area contributed by atoms with Gasteiger partial charge in [0.2, 0.25) is 0 Å². The van der Waals surface area contributed by atoms with Crippen molar-refractivity contribution in [2.24, 2.45) is 4.99 Å². The zero-order valence-corrected chi connectivity index (χ0v) is 30.3. The van der Waals surface area contributed by atoms with E-state index in [1.165, 1.54) is 83.1 Å². The van der Waals surface area contributed by atoms with Crippen LogP contribution < -0.4 is 0 Å². The van der Waals surface area contributed by atoms with Gasteiger partial charge in [0, 0.05) is 17.9 Å². The van der Waals surface area contributed by atoms with Crippen LogP contribution in [0.5, 0.6) is 0 Å². The molecule has 3 aliphatic carbocycles. The summed E-state index contributed by atoms with van der Waals surface area (Å²) in [6.07, 6.45) is 3.08. The molecule has 0 amide bonds. The summed E-state index contributed by atoms with van der Waals surface area (Å²) < 4.78 is 0. The lowest BCUT2D eigenvalue weighted by molar-refractivity contribution is 0.794. The molecular formula is C54H35N. The smallest absolute Gasteiger partial charge is 0.0726 e. The second-order valence-electron chi connectivity index (χ2n) is 15.4. The Morgan fingerprint density at radius 2 is 1.04 bits per heavy atom. The average Bonchev–Trinajstić information content (AvgIpc) is 3.80. The van der Waals surface area contributed by atoms with Crippen LogP contribution in [-0.4, -0.2) is 5.71 Å². The van der Waals surface area contributed by atoms with E-state index < -0.39 is 5.41 Å². The first kappa shape index (κ1) is 30.6. The summed E-state index contributed by atoms with van der Waals surface area (Å²) in [5.74, 6) is 0.0281. The fraction of sp³-hybridized carbons (Fsp3) is 0.0556. The Hall–Kier alpha value is -6.83. The first-order valence-electron chi connectivity index (χ1n) is 19.3. The van der Waals surface area contributed by atoms with Crippen LogP contribution in [0.15, 0.2) is 199 Å². The van der Waals surface area contributed by atoms with Gasteiger partial charge in [0.1, 0.15) is 0 Å². The van der Waals surface area contributed by atoms with Gasteiger partial charge in [0.25, 0.3) is 0 Å². The maximum Gasteiger partial charge on any atom is 0.0726 e. The summed E-state index contributed by atoms with van der Waals surface area (Å²) in [5, 5.41) is 2.70. The Morgan fingerprint density at radius 1 is 0.473 bits per heavy atom. The van der Waals surface area contributed by atoms with Gasteiger partial charge in [-0.25, -0.2) is 0 Å². The molecule has 0 radical (unpaired) electrons. The van der Waals surface area contributed by atoms with Gasteiger partial charge in [-0.15, -0.1) is 0 Å². The van der Waals surface area contributed by atoms with E-state index in [1.54, 1.807) is 0 Å². The number of aliphatic imine (C=N–C) groups is 1. The standard InChI is InChI=1S/C54H35N/c1-33-30-49(35-18-6-3-7-19-35)55-50(32-43(33)34-16-4-2-5-17-34)41-25-15-29-47-52(41)39-22-10-12-27-45(39)54(47)46-28-13-11-23-40(46)53-42-26-14-24-38-36-20-8-9-21-37(36)44(51(38)42)31-48(53)54/h2-29,31-32,43H,1,30H2. The van der Waals surface area contributed by atoms with Gasteiger partial charge in [-0.2, -0.15) is 0 Å². The minimum Gasteiger partial charge on any atom is -0.252 e. The molecule has 1 nitrogen and oxygen atoms in total. The third kappa shape index (κ3) is 4.05. The third-order valence-corrected chi connectivity index (χ3v) is 12.7. The average molecular weight is 698 g/mol. The van der Waals surface area contributed by atoms with Gasteiger partial charge in [-0.05, 0) is 101 Å². The molecule has 2 atom stereocenters. The second kappa shape index (κ2) is 11.3. The molecule has 55 heavy (non-hydrogen) atoms. The van der Waals surface area contributed by atoms with Crippen molar-refractivity contribution in [2.45, 2.75) is 17.8 Å². The molecule has 1 aliphatic heterocycles. The van der Waals surface area contributed by atoms with Crippen LogP contribution in [0.3, 0.4) is 0 Å². The summed E-state index contributed by atoms with van der Waals surface area (Å²) in [6, 6.07) is 65.1. The van der Waals surface area contributed by atoms with E-state index in [4.69, 9.17) is 4.99 Å². The summed E-state index contributed by atoms with van der Waals surface area (Å²) >= 11 is 0. The van der Waals surface area contributed by atoms with Crippen LogP contribution in [0.1, 0.15) is 51.3 Å². The van der Waals surface area contributed by atoms with Crippen molar-refractivity contribution in [2.75, 3.05) is 0 Å². The Labute approximate surface area is 321 Å². The van der Waals surface area contributed by atoms with Crippen LogP contribution >= 0.6 is 0 Å². The molecule has 0 saturated carbocycles. The normalized spacial score (nSPS) is 18.3. The maximum atomic E-state index is 5.61. The summed E-state index contributed by atoms with van der Waals surface area (Å²) in [6.45, 7) is 4.69. The van der Waals surface area contributed by atoms with E-state index in [1.807, 2.05) is 0 Å². The van der Waals surface area contributed by atoms with Gasteiger partial charge in [-0.1, -0.05) is 182 Å². The number of hydrogen-bond acceptors (Lipinski definition) is 1. The second-order valence-corrected chi connectivity index (χ2v) is 15.4. The number of nitrogens with zero attached hydrogens (tertiary/aromatic N) is 1. The number of allylic oxidation sites excluding steroid dienone is 2. The molecular weight excluding hydrogens is 663 g/mol. The molecule has 8 aromatic rings. The highest BCUT2D eigenvalue weighted by atomic mass is 14.8. The van der Waals surface area contributed by atoms with Crippen molar-refractivity contribution < 1.29 is 0 Å². The highest BCUT2D eigenvalue weighted by Gasteiger charge is 2.53. The molecule has 1 heterocycles. The fourth-order valence-electron chi connectivity index (χ4n) is 10.5. The van der Waals surface area contributed by atoms with Crippen molar-refractivity contribution in [3.8, 4) is 44.5 Å². The molecule has 0 bridgehead atoms. The van der Waals surface area contributed by atoms with E-state index >= 15 is 0 Å². The zero-order chi connectivity index (χ0) is 36.3. The maximum absolute atomic E-state index is 5.61. The predicted molar refractivity (Wildman–Crippen MR) is 229 cm³/mol. The monoisotopic (exact) mass is 697 g/mol. The number of fused-ring (bicyclic) bond motifs is 14. The Bertz CT molecular complexity index is 3020. The lowest BCUT2D eigenvalue weighted by Crippen LogP contribution is -2.26. The van der Waals surface area contributed by atoms with Crippen LogP contribution in [-0.2, 0) is 5.41 Å². The van der Waals surface area contributed by atoms with Crippen LogP contribution in [0.2, 0.25) is 0 Å².